The van der Waals surface area contributed by atoms with Crippen LogP contribution >= 0.6 is 0 Å². The van der Waals surface area contributed by atoms with Crippen molar-refractivity contribution in [2.24, 2.45) is 32.5 Å². The van der Waals surface area contributed by atoms with Crippen LogP contribution in [0, 0.1) is 10.8 Å². The van der Waals surface area contributed by atoms with Gasteiger partial charge in [0.05, 0.1) is 39.6 Å². The first-order valence-electron chi connectivity index (χ1n) is 8.57. The van der Waals surface area contributed by atoms with Gasteiger partial charge in [0.2, 0.25) is 11.8 Å². The van der Waals surface area contributed by atoms with Gasteiger partial charge in [0, 0.05) is 10.8 Å². The fourth-order valence-corrected chi connectivity index (χ4v) is 2.66. The predicted octanol–water partition coefficient (Wildman–Crippen LogP) is -3.37. The number of aliphatic hydroxyl groups excluding tert-OH is 6. The van der Waals surface area contributed by atoms with Crippen LogP contribution in [0.4, 0.5) is 0 Å². The Labute approximate surface area is 162 Å². The van der Waals surface area contributed by atoms with Gasteiger partial charge in [-0.3, -0.25) is 9.59 Å². The van der Waals surface area contributed by atoms with E-state index in [0.29, 0.717) is 0 Å². The molecule has 0 aliphatic rings. The molecule has 2 amide bonds. The summed E-state index contributed by atoms with van der Waals surface area (Å²) in [5.41, 5.74) is 4.12. The number of carbonyl (C=O) groups excluding carboxylic acids is 2. The van der Waals surface area contributed by atoms with Crippen LogP contribution in [0.5, 0.6) is 0 Å². The van der Waals surface area contributed by atoms with Crippen molar-refractivity contribution in [3.05, 3.63) is 0 Å². The van der Waals surface area contributed by atoms with Gasteiger partial charge < -0.3 is 42.1 Å². The van der Waals surface area contributed by atoms with Crippen LogP contribution in [0.3, 0.4) is 0 Å². The molecule has 0 aliphatic heterocycles. The number of aliphatic hydroxyl groups is 6. The first-order chi connectivity index (χ1) is 12.9. The second-order valence-corrected chi connectivity index (χ2v) is 7.78. The molecule has 0 fully saturated rings. The van der Waals surface area contributed by atoms with Crippen LogP contribution in [0.25, 0.3) is 0 Å². The van der Waals surface area contributed by atoms with Crippen molar-refractivity contribution >= 4 is 11.8 Å². The molecule has 12 heteroatoms. The number of azo groups is 1. The van der Waals surface area contributed by atoms with Crippen LogP contribution in [-0.2, 0) is 9.59 Å². The van der Waals surface area contributed by atoms with Crippen molar-refractivity contribution < 1.29 is 40.2 Å². The molecule has 0 saturated carbocycles. The number of carbonyl (C=O) groups is 2. The molecule has 2 unspecified atom stereocenters. The summed E-state index contributed by atoms with van der Waals surface area (Å²) in [6, 6.07) is 0. The van der Waals surface area contributed by atoms with Crippen LogP contribution in [0.15, 0.2) is 10.2 Å². The standard InChI is InChI=1S/C16H32N4O8/c1-13(11(17)27,3-15(5-21,6-22)7-23)19-20-14(2,12(18)28)4-16(8-24,9-25)10-26/h21-26H,3-10H2,1-2H3,(H2,17,27)(H2,18,28). The Hall–Kier alpha value is -1.70. The molecule has 0 saturated heterocycles. The number of rotatable bonds is 14. The molecule has 0 heterocycles. The average Bonchev–Trinajstić information content (AvgIpc) is 2.69. The Balaban J connectivity index is 6.05. The minimum absolute atomic E-state index is 0.387. The summed E-state index contributed by atoms with van der Waals surface area (Å²) in [5, 5.41) is 64.6. The van der Waals surface area contributed by atoms with E-state index >= 15 is 0 Å². The SMILES string of the molecule is CC(CC(CO)(CO)CO)(N=NC(C)(CC(CO)(CO)CO)C(N)=O)C(N)=O. The zero-order valence-corrected chi connectivity index (χ0v) is 16.2. The predicted molar refractivity (Wildman–Crippen MR) is 96.7 cm³/mol. The lowest BCUT2D eigenvalue weighted by Crippen LogP contribution is -2.50. The van der Waals surface area contributed by atoms with E-state index < -0.39 is 73.4 Å². The summed E-state index contributed by atoms with van der Waals surface area (Å²) in [5.74, 6) is -2.00. The smallest absolute Gasteiger partial charge is 0.247 e. The summed E-state index contributed by atoms with van der Waals surface area (Å²) >= 11 is 0. The summed E-state index contributed by atoms with van der Waals surface area (Å²) in [6.45, 7) is -1.55. The molecular formula is C16H32N4O8. The topological polar surface area (TPSA) is 232 Å². The Morgan fingerprint density at radius 3 is 1.00 bits per heavy atom. The molecule has 0 aliphatic carbocycles. The van der Waals surface area contributed by atoms with Crippen molar-refractivity contribution in [3.63, 3.8) is 0 Å². The van der Waals surface area contributed by atoms with Crippen LogP contribution in [0.2, 0.25) is 0 Å². The van der Waals surface area contributed by atoms with Gasteiger partial charge in [-0.15, -0.1) is 0 Å². The Morgan fingerprint density at radius 1 is 0.643 bits per heavy atom. The average molecular weight is 408 g/mol. The maximum Gasteiger partial charge on any atom is 0.247 e. The third-order valence-corrected chi connectivity index (χ3v) is 5.00. The normalized spacial score (nSPS) is 17.3. The number of hydrogen-bond donors (Lipinski definition) is 8. The summed E-state index contributed by atoms with van der Waals surface area (Å²) in [7, 11) is 0. The van der Waals surface area contributed by atoms with E-state index in [2.05, 4.69) is 10.2 Å². The monoisotopic (exact) mass is 408 g/mol. The summed E-state index contributed by atoms with van der Waals surface area (Å²) in [6.07, 6.45) is -0.773. The molecule has 0 bridgehead atoms. The van der Waals surface area contributed by atoms with E-state index in [1.54, 1.807) is 0 Å². The van der Waals surface area contributed by atoms with Gasteiger partial charge in [-0.05, 0) is 26.7 Å². The van der Waals surface area contributed by atoms with E-state index in [4.69, 9.17) is 11.5 Å². The lowest BCUT2D eigenvalue weighted by Gasteiger charge is -2.36. The van der Waals surface area contributed by atoms with Crippen molar-refractivity contribution in [3.8, 4) is 0 Å². The van der Waals surface area contributed by atoms with Crippen molar-refractivity contribution in [2.75, 3.05) is 39.6 Å². The number of primary amides is 2. The van der Waals surface area contributed by atoms with E-state index in [0.717, 1.165) is 0 Å². The van der Waals surface area contributed by atoms with Gasteiger partial charge in [0.25, 0.3) is 0 Å². The van der Waals surface area contributed by atoms with Gasteiger partial charge in [0.1, 0.15) is 0 Å². The largest absolute Gasteiger partial charge is 0.396 e. The number of amides is 2. The Morgan fingerprint density at radius 2 is 0.857 bits per heavy atom. The zero-order chi connectivity index (χ0) is 22.2. The second kappa shape index (κ2) is 10.2. The second-order valence-electron chi connectivity index (χ2n) is 7.78. The minimum Gasteiger partial charge on any atom is -0.396 e. The molecule has 10 N–H and O–H groups in total. The molecule has 0 spiro atoms. The molecule has 164 valence electrons. The van der Waals surface area contributed by atoms with Gasteiger partial charge in [-0.25, -0.2) is 0 Å². The van der Waals surface area contributed by atoms with E-state index in [9.17, 15) is 40.2 Å². The first-order valence-corrected chi connectivity index (χ1v) is 8.57. The van der Waals surface area contributed by atoms with Gasteiger partial charge in [0.15, 0.2) is 11.1 Å². The lowest BCUT2D eigenvalue weighted by atomic mass is 9.77. The number of hydrogen-bond acceptors (Lipinski definition) is 10. The van der Waals surface area contributed by atoms with E-state index in [1.165, 1.54) is 13.8 Å². The minimum atomic E-state index is -1.83. The van der Waals surface area contributed by atoms with Crippen molar-refractivity contribution in [2.45, 2.75) is 37.8 Å². The number of nitrogens with two attached hydrogens (primary N) is 2. The van der Waals surface area contributed by atoms with Crippen LogP contribution in [0.1, 0.15) is 26.7 Å². The van der Waals surface area contributed by atoms with Gasteiger partial charge >= 0.3 is 0 Å². The Kier molecular flexibility index (Phi) is 9.57. The molecule has 0 aromatic heterocycles. The molecular weight excluding hydrogens is 376 g/mol. The molecule has 0 radical (unpaired) electrons. The lowest BCUT2D eigenvalue weighted by molar-refractivity contribution is -0.127. The van der Waals surface area contributed by atoms with Crippen molar-refractivity contribution in [1.82, 2.24) is 0 Å². The number of nitrogens with zero attached hydrogens (tertiary/aromatic N) is 2. The third kappa shape index (κ3) is 5.90. The van der Waals surface area contributed by atoms with Crippen LogP contribution < -0.4 is 11.5 Å². The molecule has 2 atom stereocenters. The Bertz CT molecular complexity index is 500. The van der Waals surface area contributed by atoms with E-state index in [-0.39, 0.29) is 12.8 Å². The van der Waals surface area contributed by atoms with Crippen molar-refractivity contribution in [1.29, 1.82) is 0 Å². The van der Waals surface area contributed by atoms with Gasteiger partial charge in [-0.1, -0.05) is 0 Å². The van der Waals surface area contributed by atoms with Crippen LogP contribution in [-0.4, -0.2) is 93.2 Å². The summed E-state index contributed by atoms with van der Waals surface area (Å²) in [4.78, 5) is 23.9. The zero-order valence-electron chi connectivity index (χ0n) is 16.2. The fraction of sp³-hybridized carbons (Fsp3) is 0.875. The van der Waals surface area contributed by atoms with E-state index in [1.807, 2.05) is 0 Å². The van der Waals surface area contributed by atoms with Gasteiger partial charge in [-0.2, -0.15) is 10.2 Å². The highest BCUT2D eigenvalue weighted by molar-refractivity contribution is 5.85. The first kappa shape index (κ1) is 26.3. The molecule has 0 aromatic carbocycles. The maximum absolute atomic E-state index is 12.0. The fourth-order valence-electron chi connectivity index (χ4n) is 2.66. The molecule has 0 aromatic rings. The third-order valence-electron chi connectivity index (χ3n) is 5.00. The highest BCUT2D eigenvalue weighted by atomic mass is 16.3. The molecule has 0 rings (SSSR count). The quantitative estimate of drug-likeness (QED) is 0.135. The highest BCUT2D eigenvalue weighted by Crippen LogP contribution is 2.34. The maximum atomic E-state index is 12.0. The summed E-state index contributed by atoms with van der Waals surface area (Å²) < 4.78 is 0. The molecule has 12 nitrogen and oxygen atoms in total. The molecule has 28 heavy (non-hydrogen) atoms. The highest BCUT2D eigenvalue weighted by Gasteiger charge is 2.45.